The van der Waals surface area contributed by atoms with E-state index < -0.39 is 0 Å². The zero-order valence-corrected chi connectivity index (χ0v) is 13.1. The second-order valence-electron chi connectivity index (χ2n) is 5.42. The molecule has 21 heavy (non-hydrogen) atoms. The van der Waals surface area contributed by atoms with E-state index in [1.165, 1.54) is 0 Å². The van der Waals surface area contributed by atoms with Crippen molar-refractivity contribution in [3.05, 3.63) is 29.8 Å². The Morgan fingerprint density at radius 3 is 2.62 bits per heavy atom. The summed E-state index contributed by atoms with van der Waals surface area (Å²) in [6, 6.07) is 6.97. The third-order valence-electron chi connectivity index (χ3n) is 3.57. The molecule has 3 N–H and O–H groups in total. The molecule has 1 aliphatic rings. The summed E-state index contributed by atoms with van der Waals surface area (Å²) in [5.41, 5.74) is 6.29. The third kappa shape index (κ3) is 4.70. The number of hydrogen-bond donors (Lipinski definition) is 2. The van der Waals surface area contributed by atoms with E-state index >= 15 is 0 Å². The molecule has 0 aromatic heterocycles. The van der Waals surface area contributed by atoms with E-state index in [1.54, 1.807) is 12.1 Å². The fraction of sp³-hybridized carbons (Fsp3) is 0.500. The summed E-state index contributed by atoms with van der Waals surface area (Å²) < 4.78 is 5.58. The van der Waals surface area contributed by atoms with Crippen LogP contribution in [0.15, 0.2) is 24.3 Å². The maximum absolute atomic E-state index is 12.2. The second-order valence-corrected chi connectivity index (χ2v) is 5.89. The number of amides is 1. The molecule has 0 heterocycles. The van der Waals surface area contributed by atoms with Gasteiger partial charge in [0.15, 0.2) is 0 Å². The van der Waals surface area contributed by atoms with Gasteiger partial charge in [0.05, 0.1) is 17.6 Å². The normalized spacial score (nSPS) is 15.3. The van der Waals surface area contributed by atoms with Gasteiger partial charge in [0, 0.05) is 5.56 Å². The number of carbonyl (C=O) groups excluding carboxylic acids is 1. The van der Waals surface area contributed by atoms with Crippen LogP contribution < -0.4 is 15.8 Å². The van der Waals surface area contributed by atoms with Gasteiger partial charge in [-0.1, -0.05) is 25.6 Å². The van der Waals surface area contributed by atoms with Crippen LogP contribution in [0.4, 0.5) is 0 Å². The lowest BCUT2D eigenvalue weighted by Crippen LogP contribution is -2.45. The smallest absolute Gasteiger partial charge is 0.251 e. The molecule has 2 rings (SSSR count). The highest BCUT2D eigenvalue weighted by atomic mass is 32.1. The molecule has 0 spiro atoms. The lowest BCUT2D eigenvalue weighted by atomic mass is 10.1. The fourth-order valence-corrected chi connectivity index (χ4v) is 2.36. The maximum atomic E-state index is 12.2. The molecule has 1 unspecified atom stereocenters. The van der Waals surface area contributed by atoms with Gasteiger partial charge in [-0.05, 0) is 49.4 Å². The Kier molecular flexibility index (Phi) is 5.56. The maximum Gasteiger partial charge on any atom is 0.251 e. The van der Waals surface area contributed by atoms with Crippen LogP contribution >= 0.6 is 12.2 Å². The molecule has 114 valence electrons. The van der Waals surface area contributed by atoms with Crippen molar-refractivity contribution in [3.8, 4) is 5.75 Å². The number of rotatable bonds is 8. The Bertz CT molecular complexity index is 498. The molecule has 5 heteroatoms. The van der Waals surface area contributed by atoms with E-state index in [1.807, 2.05) is 12.1 Å². The van der Waals surface area contributed by atoms with Crippen LogP contribution in [0.2, 0.25) is 0 Å². The van der Waals surface area contributed by atoms with Crippen LogP contribution in [0.1, 0.15) is 43.0 Å². The largest absolute Gasteiger partial charge is 0.494 e. The fourth-order valence-electron chi connectivity index (χ4n) is 2.11. The summed E-state index contributed by atoms with van der Waals surface area (Å²) >= 11 is 5.02. The minimum absolute atomic E-state index is 0.139. The first kappa shape index (κ1) is 15.8. The van der Waals surface area contributed by atoms with Crippen molar-refractivity contribution >= 4 is 23.1 Å². The summed E-state index contributed by atoms with van der Waals surface area (Å²) in [5.74, 6) is 1.05. The minimum Gasteiger partial charge on any atom is -0.494 e. The molecule has 0 aliphatic heterocycles. The molecule has 1 fully saturated rings. The summed E-state index contributed by atoms with van der Waals surface area (Å²) in [7, 11) is 0. The molecule has 1 aromatic carbocycles. The van der Waals surface area contributed by atoms with Crippen molar-refractivity contribution in [3.63, 3.8) is 0 Å². The highest BCUT2D eigenvalue weighted by Crippen LogP contribution is 2.32. The first-order valence-corrected chi connectivity index (χ1v) is 7.85. The van der Waals surface area contributed by atoms with E-state index in [2.05, 4.69) is 12.2 Å². The number of ether oxygens (including phenoxy) is 1. The highest BCUT2D eigenvalue weighted by molar-refractivity contribution is 7.80. The van der Waals surface area contributed by atoms with Gasteiger partial charge < -0.3 is 15.8 Å². The van der Waals surface area contributed by atoms with Gasteiger partial charge in [0.25, 0.3) is 5.91 Å². The van der Waals surface area contributed by atoms with Crippen molar-refractivity contribution in [2.24, 2.45) is 11.7 Å². The zero-order valence-electron chi connectivity index (χ0n) is 12.3. The number of hydrogen-bond acceptors (Lipinski definition) is 3. The van der Waals surface area contributed by atoms with Gasteiger partial charge in [0.1, 0.15) is 5.75 Å². The molecular formula is C16H22N2O2S. The molecule has 1 aliphatic carbocycles. The van der Waals surface area contributed by atoms with Crippen LogP contribution in [0.25, 0.3) is 0 Å². The quantitative estimate of drug-likeness (QED) is 0.572. The number of carbonyl (C=O) groups is 1. The Morgan fingerprint density at radius 1 is 1.43 bits per heavy atom. The molecule has 0 radical (unpaired) electrons. The van der Waals surface area contributed by atoms with E-state index in [0.29, 0.717) is 23.1 Å². The van der Waals surface area contributed by atoms with Crippen LogP contribution in [-0.2, 0) is 0 Å². The number of unbranched alkanes of at least 4 members (excludes halogenated alkanes) is 1. The summed E-state index contributed by atoms with van der Waals surface area (Å²) in [4.78, 5) is 12.6. The van der Waals surface area contributed by atoms with Gasteiger partial charge in [-0.15, -0.1) is 0 Å². The molecule has 1 amide bonds. The van der Waals surface area contributed by atoms with Crippen LogP contribution in [-0.4, -0.2) is 23.5 Å². The molecule has 4 nitrogen and oxygen atoms in total. The van der Waals surface area contributed by atoms with E-state index in [0.717, 1.165) is 31.4 Å². The highest BCUT2D eigenvalue weighted by Gasteiger charge is 2.34. The van der Waals surface area contributed by atoms with Gasteiger partial charge >= 0.3 is 0 Å². The number of thiocarbonyl (C=S) groups is 1. The van der Waals surface area contributed by atoms with Crippen molar-refractivity contribution in [1.29, 1.82) is 0 Å². The standard InChI is InChI=1S/C16H22N2O2S/c1-2-3-10-20-13-8-6-12(7-9-13)16(19)18-14(15(17)21)11-4-5-11/h6-9,11,14H,2-5,10H2,1H3,(H2,17,21)(H,18,19). The molecular weight excluding hydrogens is 284 g/mol. The van der Waals surface area contributed by atoms with E-state index in [9.17, 15) is 4.79 Å². The van der Waals surface area contributed by atoms with Crippen LogP contribution in [0, 0.1) is 5.92 Å². The van der Waals surface area contributed by atoms with Gasteiger partial charge in [-0.25, -0.2) is 0 Å². The second kappa shape index (κ2) is 7.41. The predicted octanol–water partition coefficient (Wildman–Crippen LogP) is 2.66. The first-order chi connectivity index (χ1) is 10.1. The van der Waals surface area contributed by atoms with Crippen molar-refractivity contribution in [2.45, 2.75) is 38.6 Å². The van der Waals surface area contributed by atoms with Crippen LogP contribution in [0.5, 0.6) is 5.75 Å². The molecule has 0 saturated heterocycles. The molecule has 0 bridgehead atoms. The molecule has 1 aromatic rings. The average Bonchev–Trinajstić information content (AvgIpc) is 3.29. The van der Waals surface area contributed by atoms with Crippen LogP contribution in [0.3, 0.4) is 0 Å². The predicted molar refractivity (Wildman–Crippen MR) is 87.6 cm³/mol. The third-order valence-corrected chi connectivity index (χ3v) is 3.82. The summed E-state index contributed by atoms with van der Waals surface area (Å²) in [6.07, 6.45) is 4.28. The number of nitrogens with two attached hydrogens (primary N) is 1. The van der Waals surface area contributed by atoms with Crippen molar-refractivity contribution < 1.29 is 9.53 Å². The molecule has 1 saturated carbocycles. The van der Waals surface area contributed by atoms with Gasteiger partial charge in [-0.2, -0.15) is 0 Å². The Morgan fingerprint density at radius 2 is 2.10 bits per heavy atom. The number of nitrogens with one attached hydrogen (secondary N) is 1. The SMILES string of the molecule is CCCCOc1ccc(C(=O)NC(C(N)=S)C2CC2)cc1. The summed E-state index contributed by atoms with van der Waals surface area (Å²) in [5, 5.41) is 2.92. The minimum atomic E-state index is -0.187. The van der Waals surface area contributed by atoms with E-state index in [4.69, 9.17) is 22.7 Å². The zero-order chi connectivity index (χ0) is 15.2. The lowest BCUT2D eigenvalue weighted by molar-refractivity contribution is 0.0944. The van der Waals surface area contributed by atoms with Gasteiger partial charge in [0.2, 0.25) is 0 Å². The Hall–Kier alpha value is -1.62. The Balaban J connectivity index is 1.91. The van der Waals surface area contributed by atoms with E-state index in [-0.39, 0.29) is 11.9 Å². The van der Waals surface area contributed by atoms with Gasteiger partial charge in [-0.3, -0.25) is 4.79 Å². The topological polar surface area (TPSA) is 64.3 Å². The Labute approximate surface area is 131 Å². The molecule has 1 atom stereocenters. The van der Waals surface area contributed by atoms with Crippen molar-refractivity contribution in [1.82, 2.24) is 5.32 Å². The average molecular weight is 306 g/mol. The first-order valence-electron chi connectivity index (χ1n) is 7.45. The lowest BCUT2D eigenvalue weighted by Gasteiger charge is -2.16. The number of benzene rings is 1. The monoisotopic (exact) mass is 306 g/mol. The summed E-state index contributed by atoms with van der Waals surface area (Å²) in [6.45, 7) is 2.82. The van der Waals surface area contributed by atoms with Crippen molar-refractivity contribution in [2.75, 3.05) is 6.61 Å².